The molecule has 0 fully saturated rings. The van der Waals surface area contributed by atoms with Gasteiger partial charge in [0.15, 0.2) is 0 Å². The molecule has 0 saturated carbocycles. The zero-order chi connectivity index (χ0) is 16.9. The van der Waals surface area contributed by atoms with Crippen LogP contribution in [0.3, 0.4) is 0 Å². The summed E-state index contributed by atoms with van der Waals surface area (Å²) in [6.45, 7) is 1.84. The highest BCUT2D eigenvalue weighted by Crippen LogP contribution is 2.22. The second-order valence-electron chi connectivity index (χ2n) is 5.33. The number of benzene rings is 2. The van der Waals surface area contributed by atoms with Crippen LogP contribution in [0.1, 0.15) is 31.5 Å². The molecule has 0 aliphatic heterocycles. The number of nitriles is 1. The quantitative estimate of drug-likeness (QED) is 0.779. The van der Waals surface area contributed by atoms with Gasteiger partial charge in [0.2, 0.25) is 0 Å². The van der Waals surface area contributed by atoms with E-state index in [2.05, 4.69) is 16.4 Å². The van der Waals surface area contributed by atoms with Crippen molar-refractivity contribution in [2.24, 2.45) is 0 Å². The fourth-order valence-corrected chi connectivity index (χ4v) is 3.36. The Labute approximate surface area is 144 Å². The number of aromatic nitrogens is 1. The van der Waals surface area contributed by atoms with Crippen LogP contribution < -0.4 is 5.32 Å². The summed E-state index contributed by atoms with van der Waals surface area (Å²) in [5.41, 5.74) is 3.01. The highest BCUT2D eigenvalue weighted by Gasteiger charge is 2.15. The Morgan fingerprint density at radius 3 is 2.75 bits per heavy atom. The predicted molar refractivity (Wildman–Crippen MR) is 95.2 cm³/mol. The first-order valence-corrected chi connectivity index (χ1v) is 8.29. The van der Waals surface area contributed by atoms with Crippen molar-refractivity contribution >= 4 is 22.9 Å². The van der Waals surface area contributed by atoms with Gasteiger partial charge in [-0.05, 0) is 30.7 Å². The molecule has 3 rings (SSSR count). The van der Waals surface area contributed by atoms with Crippen LogP contribution in [0.25, 0.3) is 0 Å². The van der Waals surface area contributed by atoms with Crippen molar-refractivity contribution in [3.63, 3.8) is 0 Å². The molecule has 118 valence electrons. The van der Waals surface area contributed by atoms with Crippen molar-refractivity contribution in [3.8, 4) is 6.07 Å². The second-order valence-corrected chi connectivity index (χ2v) is 6.41. The molecule has 24 heavy (non-hydrogen) atoms. The second kappa shape index (κ2) is 7.07. The molecular formula is C19H15N3OS. The van der Waals surface area contributed by atoms with Gasteiger partial charge in [-0.3, -0.25) is 4.79 Å². The summed E-state index contributed by atoms with van der Waals surface area (Å²) in [7, 11) is 0. The van der Waals surface area contributed by atoms with Crippen LogP contribution in [0.4, 0.5) is 5.69 Å². The van der Waals surface area contributed by atoms with Gasteiger partial charge in [-0.25, -0.2) is 4.98 Å². The maximum atomic E-state index is 12.5. The van der Waals surface area contributed by atoms with Crippen molar-refractivity contribution < 1.29 is 4.79 Å². The van der Waals surface area contributed by atoms with Crippen LogP contribution in [0.2, 0.25) is 0 Å². The fourth-order valence-electron chi connectivity index (χ4n) is 2.36. The van der Waals surface area contributed by atoms with E-state index >= 15 is 0 Å². The zero-order valence-electron chi connectivity index (χ0n) is 13.1. The summed E-state index contributed by atoms with van der Waals surface area (Å²) in [5, 5.41) is 12.7. The van der Waals surface area contributed by atoms with Gasteiger partial charge in [-0.2, -0.15) is 5.26 Å². The predicted octanol–water partition coefficient (Wildman–Crippen LogP) is 4.17. The van der Waals surface area contributed by atoms with Gasteiger partial charge in [0.1, 0.15) is 4.88 Å². The van der Waals surface area contributed by atoms with E-state index in [1.807, 2.05) is 37.3 Å². The number of anilines is 1. The molecule has 1 amide bonds. The lowest BCUT2D eigenvalue weighted by molar-refractivity contribution is 0.103. The van der Waals surface area contributed by atoms with E-state index in [0.717, 1.165) is 10.7 Å². The number of carbonyl (C=O) groups excluding carboxylic acids is 1. The molecule has 3 aromatic rings. The van der Waals surface area contributed by atoms with Crippen molar-refractivity contribution in [1.29, 1.82) is 5.26 Å². The maximum Gasteiger partial charge on any atom is 0.267 e. The van der Waals surface area contributed by atoms with E-state index in [4.69, 9.17) is 5.26 Å². The molecule has 5 heteroatoms. The van der Waals surface area contributed by atoms with Crippen LogP contribution in [-0.2, 0) is 6.42 Å². The van der Waals surface area contributed by atoms with Crippen LogP contribution >= 0.6 is 11.3 Å². The first-order chi connectivity index (χ1) is 11.7. The molecule has 0 atom stereocenters. The molecule has 0 bridgehead atoms. The highest BCUT2D eigenvalue weighted by molar-refractivity contribution is 7.14. The Bertz CT molecular complexity index is 910. The third-order valence-corrected chi connectivity index (χ3v) is 4.65. The maximum absolute atomic E-state index is 12.5. The molecule has 0 aliphatic carbocycles. The van der Waals surface area contributed by atoms with E-state index in [0.29, 0.717) is 22.5 Å². The van der Waals surface area contributed by atoms with Gasteiger partial charge in [-0.15, -0.1) is 11.3 Å². The number of aryl methyl sites for hydroxylation is 1. The van der Waals surface area contributed by atoms with Crippen LogP contribution in [0.5, 0.6) is 0 Å². The number of nitrogens with zero attached hydrogens (tertiary/aromatic N) is 2. The van der Waals surface area contributed by atoms with Crippen LogP contribution in [0, 0.1) is 18.3 Å². The number of amides is 1. The summed E-state index contributed by atoms with van der Waals surface area (Å²) in [6.07, 6.45) is 0.712. The molecule has 1 N–H and O–H groups in total. The van der Waals surface area contributed by atoms with E-state index in [-0.39, 0.29) is 5.91 Å². The van der Waals surface area contributed by atoms with Gasteiger partial charge in [-0.1, -0.05) is 36.4 Å². The van der Waals surface area contributed by atoms with Gasteiger partial charge in [0.05, 0.1) is 22.3 Å². The standard InChI is InChI=1S/C19H15N3OS/c1-13-18(19(23)22-16-9-5-8-15(10-16)12-20)24-17(21-13)11-14-6-3-2-4-7-14/h2-10H,11H2,1H3,(H,22,23). The van der Waals surface area contributed by atoms with Crippen molar-refractivity contribution in [2.75, 3.05) is 5.32 Å². The minimum absolute atomic E-state index is 0.195. The lowest BCUT2D eigenvalue weighted by Gasteiger charge is -2.04. The van der Waals surface area contributed by atoms with Gasteiger partial charge in [0, 0.05) is 12.1 Å². The molecule has 1 heterocycles. The molecule has 0 unspecified atom stereocenters. The largest absolute Gasteiger partial charge is 0.321 e. The van der Waals surface area contributed by atoms with Gasteiger partial charge < -0.3 is 5.32 Å². The topological polar surface area (TPSA) is 65.8 Å². The number of hydrogen-bond donors (Lipinski definition) is 1. The summed E-state index contributed by atoms with van der Waals surface area (Å²) >= 11 is 1.40. The fraction of sp³-hybridized carbons (Fsp3) is 0.105. The third kappa shape index (κ3) is 3.67. The Balaban J connectivity index is 1.77. The normalized spacial score (nSPS) is 10.2. The summed E-state index contributed by atoms with van der Waals surface area (Å²) in [5.74, 6) is -0.195. The van der Waals surface area contributed by atoms with Crippen LogP contribution in [-0.4, -0.2) is 10.9 Å². The Morgan fingerprint density at radius 2 is 2.00 bits per heavy atom. The molecular weight excluding hydrogens is 318 g/mol. The molecule has 0 saturated heterocycles. The average Bonchev–Trinajstić information content (AvgIpc) is 2.96. The van der Waals surface area contributed by atoms with E-state index in [1.165, 1.54) is 16.9 Å². The first kappa shape index (κ1) is 15.9. The number of thiazole rings is 1. The molecule has 2 aromatic carbocycles. The smallest absolute Gasteiger partial charge is 0.267 e. The molecule has 1 aromatic heterocycles. The molecule has 4 nitrogen and oxygen atoms in total. The third-order valence-electron chi connectivity index (χ3n) is 3.49. The average molecular weight is 333 g/mol. The Morgan fingerprint density at radius 1 is 1.21 bits per heavy atom. The van der Waals surface area contributed by atoms with Crippen LogP contribution in [0.15, 0.2) is 54.6 Å². The number of carbonyl (C=O) groups is 1. The number of hydrogen-bond acceptors (Lipinski definition) is 4. The van der Waals surface area contributed by atoms with E-state index < -0.39 is 0 Å². The number of rotatable bonds is 4. The van der Waals surface area contributed by atoms with Crippen molar-refractivity contribution in [2.45, 2.75) is 13.3 Å². The Kier molecular flexibility index (Phi) is 4.69. The van der Waals surface area contributed by atoms with Gasteiger partial charge >= 0.3 is 0 Å². The zero-order valence-corrected chi connectivity index (χ0v) is 13.9. The summed E-state index contributed by atoms with van der Waals surface area (Å²) < 4.78 is 0. The SMILES string of the molecule is Cc1nc(Cc2ccccc2)sc1C(=O)Nc1cccc(C#N)c1. The van der Waals surface area contributed by atoms with Crippen molar-refractivity contribution in [1.82, 2.24) is 4.98 Å². The highest BCUT2D eigenvalue weighted by atomic mass is 32.1. The lowest BCUT2D eigenvalue weighted by atomic mass is 10.2. The van der Waals surface area contributed by atoms with Crippen molar-refractivity contribution in [3.05, 3.63) is 81.3 Å². The monoisotopic (exact) mass is 333 g/mol. The first-order valence-electron chi connectivity index (χ1n) is 7.47. The minimum atomic E-state index is -0.195. The molecule has 0 aliphatic rings. The van der Waals surface area contributed by atoms with Gasteiger partial charge in [0.25, 0.3) is 5.91 Å². The molecule has 0 radical (unpaired) electrons. The number of nitrogens with one attached hydrogen (secondary N) is 1. The Hall–Kier alpha value is -2.97. The lowest BCUT2D eigenvalue weighted by Crippen LogP contribution is -2.11. The van der Waals surface area contributed by atoms with E-state index in [9.17, 15) is 4.79 Å². The molecule has 0 spiro atoms. The summed E-state index contributed by atoms with van der Waals surface area (Å²) in [6, 6.07) is 19.0. The van der Waals surface area contributed by atoms with E-state index in [1.54, 1.807) is 24.3 Å². The minimum Gasteiger partial charge on any atom is -0.321 e. The summed E-state index contributed by atoms with van der Waals surface area (Å²) in [4.78, 5) is 17.6.